The summed E-state index contributed by atoms with van der Waals surface area (Å²) in [6.45, 7) is 0.179. The van der Waals surface area contributed by atoms with Crippen molar-refractivity contribution in [1.82, 2.24) is 0 Å². The maximum atomic E-state index is 13.5. The van der Waals surface area contributed by atoms with Gasteiger partial charge in [0, 0.05) is 0 Å². The molecule has 0 aliphatic heterocycles. The molecule has 0 aliphatic carbocycles. The van der Waals surface area contributed by atoms with E-state index in [4.69, 9.17) is 21.1 Å². The quantitative estimate of drug-likeness (QED) is 0.354. The lowest BCUT2D eigenvalue weighted by molar-refractivity contribution is 0.284. The van der Waals surface area contributed by atoms with Crippen molar-refractivity contribution in [2.75, 3.05) is 7.11 Å². The van der Waals surface area contributed by atoms with Crippen LogP contribution in [0.2, 0.25) is 5.02 Å². The molecule has 0 heterocycles. The second-order valence-corrected chi connectivity index (χ2v) is 6.54. The summed E-state index contributed by atoms with van der Waals surface area (Å²) < 4.78 is 37.6. The predicted octanol–water partition coefficient (Wildman–Crippen LogP) is 6.27. The van der Waals surface area contributed by atoms with Gasteiger partial charge >= 0.3 is 0 Å². The van der Waals surface area contributed by atoms with E-state index in [0.717, 1.165) is 5.56 Å². The fraction of sp³-hybridized carbons (Fsp3) is 0.0870. The zero-order valence-corrected chi connectivity index (χ0v) is 16.2. The van der Waals surface area contributed by atoms with Gasteiger partial charge in [-0.1, -0.05) is 35.9 Å². The van der Waals surface area contributed by atoms with E-state index >= 15 is 0 Å². The van der Waals surface area contributed by atoms with Crippen LogP contribution in [0.25, 0.3) is 11.6 Å². The fourth-order valence-corrected chi connectivity index (χ4v) is 2.98. The van der Waals surface area contributed by atoms with E-state index in [1.807, 2.05) is 0 Å². The molecule has 0 bridgehead atoms. The van der Waals surface area contributed by atoms with E-state index in [2.05, 4.69) is 6.07 Å². The van der Waals surface area contributed by atoms with Crippen LogP contribution in [0.5, 0.6) is 11.5 Å². The monoisotopic (exact) mass is 411 g/mol. The van der Waals surface area contributed by atoms with Crippen molar-refractivity contribution in [3.63, 3.8) is 0 Å². The molecule has 0 aliphatic rings. The van der Waals surface area contributed by atoms with Crippen molar-refractivity contribution in [3.05, 3.63) is 94.0 Å². The molecule has 0 N–H and O–H groups in total. The summed E-state index contributed by atoms with van der Waals surface area (Å²) in [5.41, 5.74) is 2.11. The van der Waals surface area contributed by atoms with Crippen molar-refractivity contribution in [2.45, 2.75) is 6.61 Å². The van der Waals surface area contributed by atoms with Crippen LogP contribution in [0.1, 0.15) is 16.7 Å². The molecule has 3 aromatic carbocycles. The highest BCUT2D eigenvalue weighted by Gasteiger charge is 2.13. The SMILES string of the molecule is COc1cc(/C=C(/C#N)c2cccc(F)c2)cc(Cl)c1OCc1ccc(F)cc1. The maximum absolute atomic E-state index is 13.5. The Bertz CT molecular complexity index is 1090. The van der Waals surface area contributed by atoms with Crippen LogP contribution in [0, 0.1) is 23.0 Å². The second kappa shape index (κ2) is 9.22. The number of ether oxygens (including phenoxy) is 2. The molecule has 29 heavy (non-hydrogen) atoms. The van der Waals surface area contributed by atoms with Gasteiger partial charge in [0.05, 0.1) is 23.8 Å². The number of methoxy groups -OCH3 is 1. The molecule has 0 fully saturated rings. The Balaban J connectivity index is 1.89. The first-order valence-corrected chi connectivity index (χ1v) is 9.00. The summed E-state index contributed by atoms with van der Waals surface area (Å²) in [5.74, 6) is -0.0433. The zero-order valence-electron chi connectivity index (χ0n) is 15.5. The molecule has 3 aromatic rings. The van der Waals surface area contributed by atoms with Gasteiger partial charge in [-0.3, -0.25) is 0 Å². The first-order valence-electron chi connectivity index (χ1n) is 8.62. The van der Waals surface area contributed by atoms with Gasteiger partial charge in [0.1, 0.15) is 18.2 Å². The number of rotatable bonds is 6. The number of hydrogen-bond acceptors (Lipinski definition) is 3. The van der Waals surface area contributed by atoms with Gasteiger partial charge in [-0.05, 0) is 59.2 Å². The molecule has 3 nitrogen and oxygen atoms in total. The lowest BCUT2D eigenvalue weighted by Gasteiger charge is -2.13. The van der Waals surface area contributed by atoms with E-state index in [-0.39, 0.29) is 23.0 Å². The Morgan fingerprint density at radius 1 is 1.07 bits per heavy atom. The summed E-state index contributed by atoms with van der Waals surface area (Å²) in [5, 5.41) is 9.74. The van der Waals surface area contributed by atoms with Crippen LogP contribution in [0.15, 0.2) is 60.7 Å². The molecule has 3 rings (SSSR count). The van der Waals surface area contributed by atoms with E-state index in [0.29, 0.717) is 22.6 Å². The third-order valence-electron chi connectivity index (χ3n) is 4.12. The minimum Gasteiger partial charge on any atom is -0.493 e. The number of allylic oxidation sites excluding steroid dienone is 1. The summed E-state index contributed by atoms with van der Waals surface area (Å²) >= 11 is 6.37. The summed E-state index contributed by atoms with van der Waals surface area (Å²) in [7, 11) is 1.47. The molecule has 0 aromatic heterocycles. The highest BCUT2D eigenvalue weighted by Crippen LogP contribution is 2.38. The largest absolute Gasteiger partial charge is 0.493 e. The van der Waals surface area contributed by atoms with Crippen molar-refractivity contribution in [1.29, 1.82) is 5.26 Å². The van der Waals surface area contributed by atoms with E-state index in [9.17, 15) is 14.0 Å². The van der Waals surface area contributed by atoms with E-state index in [1.165, 1.54) is 37.4 Å². The van der Waals surface area contributed by atoms with Crippen LogP contribution in [0.4, 0.5) is 8.78 Å². The molecule has 0 spiro atoms. The summed E-state index contributed by atoms with van der Waals surface area (Å²) in [6.07, 6.45) is 1.59. The van der Waals surface area contributed by atoms with Crippen LogP contribution in [-0.2, 0) is 6.61 Å². The van der Waals surface area contributed by atoms with Gasteiger partial charge in [-0.2, -0.15) is 5.26 Å². The molecule has 146 valence electrons. The summed E-state index contributed by atoms with van der Waals surface area (Å²) in [4.78, 5) is 0. The average Bonchev–Trinajstić information content (AvgIpc) is 2.72. The topological polar surface area (TPSA) is 42.2 Å². The third-order valence-corrected chi connectivity index (χ3v) is 4.40. The second-order valence-electron chi connectivity index (χ2n) is 6.13. The average molecular weight is 412 g/mol. The molecule has 0 amide bonds. The van der Waals surface area contributed by atoms with Crippen molar-refractivity contribution >= 4 is 23.3 Å². The van der Waals surface area contributed by atoms with Gasteiger partial charge in [0.15, 0.2) is 11.5 Å². The van der Waals surface area contributed by atoms with Gasteiger partial charge in [0.25, 0.3) is 0 Å². The molecule has 0 atom stereocenters. The van der Waals surface area contributed by atoms with Crippen molar-refractivity contribution in [2.24, 2.45) is 0 Å². The summed E-state index contributed by atoms with van der Waals surface area (Å²) in [6, 6.07) is 17.1. The predicted molar refractivity (Wildman–Crippen MR) is 109 cm³/mol. The number of nitriles is 1. The Morgan fingerprint density at radius 3 is 2.48 bits per heavy atom. The molecule has 6 heteroatoms. The maximum Gasteiger partial charge on any atom is 0.180 e. The smallest absolute Gasteiger partial charge is 0.180 e. The minimum atomic E-state index is -0.427. The first kappa shape index (κ1) is 20.4. The minimum absolute atomic E-state index is 0.179. The van der Waals surface area contributed by atoms with Crippen molar-refractivity contribution < 1.29 is 18.3 Å². The highest BCUT2D eigenvalue weighted by molar-refractivity contribution is 6.32. The van der Waals surface area contributed by atoms with Crippen LogP contribution < -0.4 is 9.47 Å². The molecule has 0 unspecified atom stereocenters. The standard InChI is InChI=1S/C23H16ClF2NO2/c1-28-22-11-16(9-18(13-27)17-3-2-4-20(26)12-17)10-21(24)23(22)29-14-15-5-7-19(25)8-6-15/h2-12H,14H2,1H3/b18-9-. The molecular formula is C23H16ClF2NO2. The van der Waals surface area contributed by atoms with E-state index in [1.54, 1.807) is 36.4 Å². The molecule has 0 radical (unpaired) electrons. The number of halogens is 3. The Morgan fingerprint density at radius 2 is 1.83 bits per heavy atom. The third kappa shape index (κ3) is 5.13. The Kier molecular flexibility index (Phi) is 6.48. The number of nitrogens with zero attached hydrogens (tertiary/aromatic N) is 1. The fourth-order valence-electron chi connectivity index (χ4n) is 2.70. The number of benzene rings is 3. The molecular weight excluding hydrogens is 396 g/mol. The van der Waals surface area contributed by atoms with Crippen LogP contribution in [0.3, 0.4) is 0 Å². The number of hydrogen-bond donors (Lipinski definition) is 0. The lowest BCUT2D eigenvalue weighted by Crippen LogP contribution is -1.99. The van der Waals surface area contributed by atoms with Crippen molar-refractivity contribution in [3.8, 4) is 17.6 Å². The van der Waals surface area contributed by atoms with E-state index < -0.39 is 5.82 Å². The normalized spacial score (nSPS) is 11.1. The Labute approximate surface area is 172 Å². The first-order chi connectivity index (χ1) is 14.0. The van der Waals surface area contributed by atoms with Crippen LogP contribution in [-0.4, -0.2) is 7.11 Å². The Hall–Kier alpha value is -3.36. The molecule has 0 saturated heterocycles. The van der Waals surface area contributed by atoms with Gasteiger partial charge in [0.2, 0.25) is 0 Å². The van der Waals surface area contributed by atoms with Gasteiger partial charge < -0.3 is 9.47 Å². The van der Waals surface area contributed by atoms with Crippen LogP contribution >= 0.6 is 11.6 Å². The molecule has 0 saturated carbocycles. The van der Waals surface area contributed by atoms with Gasteiger partial charge in [-0.25, -0.2) is 8.78 Å². The lowest BCUT2D eigenvalue weighted by atomic mass is 10.0. The van der Waals surface area contributed by atoms with Gasteiger partial charge in [-0.15, -0.1) is 0 Å². The highest BCUT2D eigenvalue weighted by atomic mass is 35.5. The zero-order chi connectivity index (χ0) is 20.8.